The average Bonchev–Trinajstić information content (AvgIpc) is 3.18. The summed E-state index contributed by atoms with van der Waals surface area (Å²) in [5.74, 6) is 0.806. The number of nitrogens with one attached hydrogen (secondary N) is 1. The van der Waals surface area contributed by atoms with Crippen LogP contribution in [0.3, 0.4) is 0 Å². The first-order valence-electron chi connectivity index (χ1n) is 6.56. The van der Waals surface area contributed by atoms with Gasteiger partial charge < -0.3 is 0 Å². The van der Waals surface area contributed by atoms with Crippen LogP contribution in [0.2, 0.25) is 0 Å². The maximum atomic E-state index is 12.4. The molecule has 0 radical (unpaired) electrons. The molecule has 0 fully saturated rings. The Hall–Kier alpha value is -1.44. The van der Waals surface area contributed by atoms with Crippen LogP contribution < -0.4 is 0 Å². The standard InChI is InChI=1S/C15H12BrN3OS2/c1-9(13(20)10-4-6-11(16)7-5-10)22-15-17-14(18-19-15)12-3-2-8-21-12/h2-9H,1H3,(H,17,18,19). The molecular weight excluding hydrogens is 382 g/mol. The Labute approximate surface area is 144 Å². The number of hydrogen-bond donors (Lipinski definition) is 1. The number of carbonyl (C=O) groups excluding carboxylic acids is 1. The number of carbonyl (C=O) groups is 1. The van der Waals surface area contributed by atoms with Crippen LogP contribution >= 0.6 is 39.0 Å². The van der Waals surface area contributed by atoms with Crippen LogP contribution in [0.25, 0.3) is 10.7 Å². The number of ketones is 1. The fourth-order valence-electron chi connectivity index (χ4n) is 1.88. The number of halogens is 1. The van der Waals surface area contributed by atoms with Crippen molar-refractivity contribution in [1.82, 2.24) is 15.2 Å². The summed E-state index contributed by atoms with van der Waals surface area (Å²) in [7, 11) is 0. The third-order valence-corrected chi connectivity index (χ3v) is 5.37. The lowest BCUT2D eigenvalue weighted by atomic mass is 10.1. The molecule has 0 spiro atoms. The Morgan fingerprint density at radius 2 is 2.09 bits per heavy atom. The van der Waals surface area contributed by atoms with Crippen molar-refractivity contribution < 1.29 is 4.79 Å². The van der Waals surface area contributed by atoms with Gasteiger partial charge in [0.25, 0.3) is 0 Å². The minimum absolute atomic E-state index is 0.0694. The van der Waals surface area contributed by atoms with E-state index in [0.717, 1.165) is 15.2 Å². The van der Waals surface area contributed by atoms with Gasteiger partial charge in [0.15, 0.2) is 11.6 Å². The molecule has 0 saturated heterocycles. The Morgan fingerprint density at radius 1 is 1.32 bits per heavy atom. The van der Waals surface area contributed by atoms with Gasteiger partial charge in [0.2, 0.25) is 5.16 Å². The molecule has 0 bridgehead atoms. The molecule has 1 atom stereocenters. The van der Waals surface area contributed by atoms with E-state index in [9.17, 15) is 4.79 Å². The zero-order valence-electron chi connectivity index (χ0n) is 11.6. The second-order valence-corrected chi connectivity index (χ2v) is 7.75. The number of nitrogens with zero attached hydrogens (tertiary/aromatic N) is 2. The van der Waals surface area contributed by atoms with Crippen LogP contribution in [0.1, 0.15) is 17.3 Å². The number of thiophene rings is 1. The molecule has 7 heteroatoms. The topological polar surface area (TPSA) is 58.6 Å². The first kappa shape index (κ1) is 15.5. The van der Waals surface area contributed by atoms with Crippen LogP contribution in [-0.2, 0) is 0 Å². The smallest absolute Gasteiger partial charge is 0.209 e. The Kier molecular flexibility index (Phi) is 4.75. The maximum Gasteiger partial charge on any atom is 0.209 e. The number of hydrogen-bond acceptors (Lipinski definition) is 5. The number of thioether (sulfide) groups is 1. The highest BCUT2D eigenvalue weighted by Crippen LogP contribution is 2.26. The zero-order chi connectivity index (χ0) is 15.5. The van der Waals surface area contributed by atoms with Gasteiger partial charge in [-0.15, -0.1) is 16.4 Å². The van der Waals surface area contributed by atoms with Gasteiger partial charge in [-0.2, -0.15) is 0 Å². The van der Waals surface area contributed by atoms with E-state index < -0.39 is 0 Å². The summed E-state index contributed by atoms with van der Waals surface area (Å²) < 4.78 is 0.957. The van der Waals surface area contributed by atoms with Crippen LogP contribution in [0.15, 0.2) is 51.4 Å². The van der Waals surface area contributed by atoms with Gasteiger partial charge in [0.05, 0.1) is 10.1 Å². The van der Waals surface area contributed by atoms with Crippen LogP contribution in [0, 0.1) is 0 Å². The molecule has 112 valence electrons. The normalized spacial score (nSPS) is 12.3. The van der Waals surface area contributed by atoms with Crippen LogP contribution in [0.5, 0.6) is 0 Å². The van der Waals surface area contributed by atoms with Gasteiger partial charge in [-0.3, -0.25) is 9.89 Å². The Bertz CT molecular complexity index is 768. The van der Waals surface area contributed by atoms with Gasteiger partial charge in [-0.25, -0.2) is 4.98 Å². The molecule has 1 unspecified atom stereocenters. The molecule has 0 saturated carbocycles. The highest BCUT2D eigenvalue weighted by molar-refractivity contribution is 9.10. The molecule has 3 aromatic rings. The fraction of sp³-hybridized carbons (Fsp3) is 0.133. The molecule has 2 heterocycles. The lowest BCUT2D eigenvalue weighted by Gasteiger charge is -2.07. The highest BCUT2D eigenvalue weighted by atomic mass is 79.9. The van der Waals surface area contributed by atoms with E-state index in [1.54, 1.807) is 11.3 Å². The number of benzene rings is 1. The quantitative estimate of drug-likeness (QED) is 0.505. The molecule has 2 aromatic heterocycles. The van der Waals surface area contributed by atoms with Crippen LogP contribution in [0.4, 0.5) is 0 Å². The van der Waals surface area contributed by atoms with Crippen molar-refractivity contribution in [3.05, 3.63) is 51.8 Å². The second kappa shape index (κ2) is 6.76. The van der Waals surface area contributed by atoms with Crippen molar-refractivity contribution >= 4 is 44.8 Å². The van der Waals surface area contributed by atoms with Gasteiger partial charge in [0, 0.05) is 10.0 Å². The summed E-state index contributed by atoms with van der Waals surface area (Å²) in [6.45, 7) is 1.87. The van der Waals surface area contributed by atoms with Crippen molar-refractivity contribution in [3.63, 3.8) is 0 Å². The minimum Gasteiger partial charge on any atom is -0.293 e. The molecule has 22 heavy (non-hydrogen) atoms. The van der Waals surface area contributed by atoms with Gasteiger partial charge in [-0.05, 0) is 30.5 Å². The third kappa shape index (κ3) is 3.48. The Balaban J connectivity index is 1.70. The molecule has 0 amide bonds. The number of Topliss-reactive ketones (excluding diaryl/α,β-unsaturated/α-hetero) is 1. The predicted octanol–water partition coefficient (Wildman–Crippen LogP) is 4.66. The maximum absolute atomic E-state index is 12.4. The van der Waals surface area contributed by atoms with Crippen LogP contribution in [-0.4, -0.2) is 26.2 Å². The first-order valence-corrected chi connectivity index (χ1v) is 9.11. The number of aromatic nitrogens is 3. The number of aromatic amines is 1. The molecule has 0 aliphatic carbocycles. The van der Waals surface area contributed by atoms with E-state index in [1.165, 1.54) is 11.8 Å². The lowest BCUT2D eigenvalue weighted by Crippen LogP contribution is -2.13. The third-order valence-electron chi connectivity index (χ3n) is 3.00. The van der Waals surface area contributed by atoms with E-state index in [1.807, 2.05) is 48.7 Å². The van der Waals surface area contributed by atoms with E-state index in [-0.39, 0.29) is 11.0 Å². The van der Waals surface area contributed by atoms with Crippen molar-refractivity contribution in [3.8, 4) is 10.7 Å². The summed E-state index contributed by atoms with van der Waals surface area (Å²) in [5, 5.41) is 9.42. The molecule has 0 aliphatic heterocycles. The lowest BCUT2D eigenvalue weighted by molar-refractivity contribution is 0.0994. The largest absolute Gasteiger partial charge is 0.293 e. The molecular formula is C15H12BrN3OS2. The average molecular weight is 394 g/mol. The molecule has 4 nitrogen and oxygen atoms in total. The summed E-state index contributed by atoms with van der Waals surface area (Å²) in [6.07, 6.45) is 0. The Morgan fingerprint density at radius 3 is 2.77 bits per heavy atom. The summed E-state index contributed by atoms with van der Waals surface area (Å²) in [5.41, 5.74) is 0.692. The molecule has 1 aromatic carbocycles. The first-order chi connectivity index (χ1) is 10.6. The summed E-state index contributed by atoms with van der Waals surface area (Å²) in [6, 6.07) is 11.3. The van der Waals surface area contributed by atoms with Gasteiger partial charge in [0.1, 0.15) is 0 Å². The minimum atomic E-state index is -0.242. The monoisotopic (exact) mass is 393 g/mol. The van der Waals surface area contributed by atoms with E-state index in [0.29, 0.717) is 10.7 Å². The van der Waals surface area contributed by atoms with Crippen molar-refractivity contribution in [2.75, 3.05) is 0 Å². The van der Waals surface area contributed by atoms with E-state index >= 15 is 0 Å². The number of rotatable bonds is 5. The summed E-state index contributed by atoms with van der Waals surface area (Å²) in [4.78, 5) is 17.9. The zero-order valence-corrected chi connectivity index (χ0v) is 14.8. The predicted molar refractivity (Wildman–Crippen MR) is 93.5 cm³/mol. The van der Waals surface area contributed by atoms with Crippen molar-refractivity contribution in [2.45, 2.75) is 17.3 Å². The second-order valence-electron chi connectivity index (χ2n) is 4.58. The fourth-order valence-corrected chi connectivity index (χ4v) is 3.61. The van der Waals surface area contributed by atoms with E-state index in [4.69, 9.17) is 0 Å². The highest BCUT2D eigenvalue weighted by Gasteiger charge is 2.19. The summed E-state index contributed by atoms with van der Waals surface area (Å²) >= 11 is 6.32. The SMILES string of the molecule is CC(Sc1n[nH]c(-c2cccs2)n1)C(=O)c1ccc(Br)cc1. The van der Waals surface area contributed by atoms with Crippen molar-refractivity contribution in [2.24, 2.45) is 0 Å². The van der Waals surface area contributed by atoms with Crippen molar-refractivity contribution in [1.29, 1.82) is 0 Å². The van der Waals surface area contributed by atoms with Gasteiger partial charge in [-0.1, -0.05) is 45.9 Å². The molecule has 1 N–H and O–H groups in total. The number of H-pyrrole nitrogens is 1. The van der Waals surface area contributed by atoms with E-state index in [2.05, 4.69) is 31.1 Å². The molecule has 0 aliphatic rings. The molecule has 3 rings (SSSR count). The van der Waals surface area contributed by atoms with Gasteiger partial charge >= 0.3 is 0 Å².